The van der Waals surface area contributed by atoms with Crippen molar-refractivity contribution in [1.29, 1.82) is 0 Å². The van der Waals surface area contributed by atoms with Gasteiger partial charge in [-0.25, -0.2) is 4.79 Å². The molecule has 1 aromatic carbocycles. The van der Waals surface area contributed by atoms with Gasteiger partial charge in [0.25, 0.3) is 0 Å². The summed E-state index contributed by atoms with van der Waals surface area (Å²) in [6.07, 6.45) is 0.284. The largest absolute Gasteiger partial charge is 0.480 e. The molecule has 0 bridgehead atoms. The summed E-state index contributed by atoms with van der Waals surface area (Å²) in [4.78, 5) is 25.0. The van der Waals surface area contributed by atoms with Gasteiger partial charge in [-0.2, -0.15) is 0 Å². The molecule has 2 unspecified atom stereocenters. The number of carbonyl (C=O) groups is 2. The minimum atomic E-state index is -1.02. The van der Waals surface area contributed by atoms with E-state index < -0.39 is 12.0 Å². The van der Waals surface area contributed by atoms with E-state index in [0.717, 1.165) is 10.0 Å². The van der Waals surface area contributed by atoms with Crippen LogP contribution in [0.1, 0.15) is 24.8 Å². The lowest BCUT2D eigenvalue weighted by Crippen LogP contribution is -2.52. The maximum absolute atomic E-state index is 12.4. The van der Waals surface area contributed by atoms with Gasteiger partial charge in [0.15, 0.2) is 6.04 Å². The van der Waals surface area contributed by atoms with Gasteiger partial charge in [0.1, 0.15) is 0 Å². The molecule has 114 valence electrons. The van der Waals surface area contributed by atoms with Crippen LogP contribution in [0.2, 0.25) is 0 Å². The first-order chi connectivity index (χ1) is 10.0. The average Bonchev–Trinajstić information content (AvgIpc) is 2.47. The van der Waals surface area contributed by atoms with Gasteiger partial charge in [-0.3, -0.25) is 4.79 Å². The van der Waals surface area contributed by atoms with Crippen molar-refractivity contribution in [2.24, 2.45) is 0 Å². The van der Waals surface area contributed by atoms with E-state index in [2.05, 4.69) is 15.9 Å². The number of aliphatic carboxylic acids is 1. The summed E-state index contributed by atoms with van der Waals surface area (Å²) in [5.74, 6) is -1.14. The molecule has 5 nitrogen and oxygen atoms in total. The Morgan fingerprint density at radius 3 is 2.86 bits per heavy atom. The van der Waals surface area contributed by atoms with Crippen molar-refractivity contribution in [3.05, 3.63) is 34.3 Å². The summed E-state index contributed by atoms with van der Waals surface area (Å²) in [5.41, 5.74) is 1.05. The molecule has 1 aliphatic heterocycles. The Kier molecular flexibility index (Phi) is 5.36. The third kappa shape index (κ3) is 3.83. The molecular weight excluding hydrogens is 338 g/mol. The third-order valence-electron chi connectivity index (χ3n) is 3.65. The molecule has 1 fully saturated rings. The monoisotopic (exact) mass is 355 g/mol. The number of carboxylic acids is 1. The lowest BCUT2D eigenvalue weighted by Gasteiger charge is -2.33. The van der Waals surface area contributed by atoms with E-state index in [1.807, 2.05) is 31.2 Å². The summed E-state index contributed by atoms with van der Waals surface area (Å²) in [7, 11) is 0. The van der Waals surface area contributed by atoms with Gasteiger partial charge < -0.3 is 14.7 Å². The molecule has 1 aromatic rings. The van der Waals surface area contributed by atoms with Crippen LogP contribution in [-0.4, -0.2) is 47.7 Å². The smallest absolute Gasteiger partial charge is 0.328 e. The fraction of sp³-hybridized carbons (Fsp3) is 0.467. The molecule has 1 saturated heterocycles. The van der Waals surface area contributed by atoms with Crippen LogP contribution >= 0.6 is 15.9 Å². The lowest BCUT2D eigenvalue weighted by molar-refractivity contribution is -0.158. The standard InChI is InChI=1S/C15H18BrNO4/c1-10(11-4-2-3-5-12(11)16)8-14(18)17-6-7-21-9-13(17)15(19)20/h2-5,10,13H,6-9H2,1H3,(H,19,20). The molecular formula is C15H18BrNO4. The van der Waals surface area contributed by atoms with Crippen molar-refractivity contribution in [1.82, 2.24) is 4.90 Å². The van der Waals surface area contributed by atoms with E-state index in [4.69, 9.17) is 4.74 Å². The van der Waals surface area contributed by atoms with Gasteiger partial charge in [0.05, 0.1) is 13.2 Å². The topological polar surface area (TPSA) is 66.8 Å². The molecule has 21 heavy (non-hydrogen) atoms. The van der Waals surface area contributed by atoms with E-state index in [1.54, 1.807) is 0 Å². The summed E-state index contributed by atoms with van der Waals surface area (Å²) in [5, 5.41) is 9.17. The highest BCUT2D eigenvalue weighted by Gasteiger charge is 2.33. The van der Waals surface area contributed by atoms with Crippen molar-refractivity contribution in [2.75, 3.05) is 19.8 Å². The highest BCUT2D eigenvalue weighted by atomic mass is 79.9. The maximum Gasteiger partial charge on any atom is 0.328 e. The number of ether oxygens (including phenoxy) is 1. The number of nitrogens with zero attached hydrogens (tertiary/aromatic N) is 1. The van der Waals surface area contributed by atoms with Gasteiger partial charge >= 0.3 is 5.97 Å². The van der Waals surface area contributed by atoms with Crippen LogP contribution in [0.4, 0.5) is 0 Å². The van der Waals surface area contributed by atoms with Gasteiger partial charge in [-0.05, 0) is 17.5 Å². The van der Waals surface area contributed by atoms with Crippen LogP contribution in [0.3, 0.4) is 0 Å². The zero-order valence-corrected chi connectivity index (χ0v) is 13.4. The van der Waals surface area contributed by atoms with Crippen molar-refractivity contribution in [3.8, 4) is 0 Å². The summed E-state index contributed by atoms with van der Waals surface area (Å²) in [6.45, 7) is 2.75. The maximum atomic E-state index is 12.4. The molecule has 0 spiro atoms. The number of rotatable bonds is 4. The number of carbonyl (C=O) groups excluding carboxylic acids is 1. The highest BCUT2D eigenvalue weighted by Crippen LogP contribution is 2.27. The predicted octanol–water partition coefficient (Wildman–Crippen LogP) is 2.25. The number of morpholine rings is 1. The third-order valence-corrected chi connectivity index (χ3v) is 4.37. The molecule has 2 rings (SSSR count). The van der Waals surface area contributed by atoms with Crippen LogP contribution < -0.4 is 0 Å². The number of halogens is 1. The van der Waals surface area contributed by atoms with Gasteiger partial charge in [0.2, 0.25) is 5.91 Å². The van der Waals surface area contributed by atoms with E-state index in [1.165, 1.54) is 4.90 Å². The minimum Gasteiger partial charge on any atom is -0.480 e. The first-order valence-corrected chi connectivity index (χ1v) is 7.64. The molecule has 0 radical (unpaired) electrons. The Hall–Kier alpha value is -1.40. The minimum absolute atomic E-state index is 0.0189. The van der Waals surface area contributed by atoms with Crippen LogP contribution in [0.25, 0.3) is 0 Å². The number of hydrogen-bond acceptors (Lipinski definition) is 3. The quantitative estimate of drug-likeness (QED) is 0.899. The highest BCUT2D eigenvalue weighted by molar-refractivity contribution is 9.10. The number of benzene rings is 1. The molecule has 1 amide bonds. The number of amides is 1. The van der Waals surface area contributed by atoms with Crippen molar-refractivity contribution in [2.45, 2.75) is 25.3 Å². The molecule has 6 heteroatoms. The summed E-state index contributed by atoms with van der Waals surface area (Å²) >= 11 is 3.48. The average molecular weight is 356 g/mol. The lowest BCUT2D eigenvalue weighted by atomic mass is 9.97. The molecule has 1 heterocycles. The van der Waals surface area contributed by atoms with E-state index >= 15 is 0 Å². The second kappa shape index (κ2) is 7.04. The summed E-state index contributed by atoms with van der Waals surface area (Å²) in [6, 6.07) is 6.87. The van der Waals surface area contributed by atoms with Crippen molar-refractivity contribution in [3.63, 3.8) is 0 Å². The van der Waals surface area contributed by atoms with Crippen LogP contribution in [-0.2, 0) is 14.3 Å². The Morgan fingerprint density at radius 1 is 1.48 bits per heavy atom. The molecule has 2 atom stereocenters. The Labute approximate surface area is 132 Å². The van der Waals surface area contributed by atoms with E-state index in [0.29, 0.717) is 13.2 Å². The molecule has 1 aliphatic rings. The SMILES string of the molecule is CC(CC(=O)N1CCOCC1C(=O)O)c1ccccc1Br. The Bertz CT molecular complexity index is 534. The molecule has 1 N–H and O–H groups in total. The first kappa shape index (κ1) is 16.0. The second-order valence-electron chi connectivity index (χ2n) is 5.14. The Morgan fingerprint density at radius 2 is 2.19 bits per heavy atom. The first-order valence-electron chi connectivity index (χ1n) is 6.85. The van der Waals surface area contributed by atoms with Crippen LogP contribution in [0.15, 0.2) is 28.7 Å². The molecule has 0 aromatic heterocycles. The molecule has 0 aliphatic carbocycles. The van der Waals surface area contributed by atoms with Crippen molar-refractivity contribution >= 4 is 27.8 Å². The second-order valence-corrected chi connectivity index (χ2v) is 6.00. The van der Waals surface area contributed by atoms with Crippen molar-refractivity contribution < 1.29 is 19.4 Å². The van der Waals surface area contributed by atoms with E-state index in [-0.39, 0.29) is 24.9 Å². The van der Waals surface area contributed by atoms with E-state index in [9.17, 15) is 14.7 Å². The van der Waals surface area contributed by atoms with Crippen LogP contribution in [0, 0.1) is 0 Å². The summed E-state index contributed by atoms with van der Waals surface area (Å²) < 4.78 is 6.11. The fourth-order valence-electron chi connectivity index (χ4n) is 2.47. The molecule has 0 saturated carbocycles. The van der Waals surface area contributed by atoms with Gasteiger partial charge in [0, 0.05) is 17.4 Å². The number of hydrogen-bond donors (Lipinski definition) is 1. The fourth-order valence-corrected chi connectivity index (χ4v) is 3.15. The van der Waals surface area contributed by atoms with Gasteiger partial charge in [-0.15, -0.1) is 0 Å². The normalized spacial score (nSPS) is 20.1. The van der Waals surface area contributed by atoms with Crippen LogP contribution in [0.5, 0.6) is 0 Å². The zero-order chi connectivity index (χ0) is 15.4. The Balaban J connectivity index is 2.06. The number of carboxylic acid groups (broad SMARTS) is 1. The zero-order valence-electron chi connectivity index (χ0n) is 11.8. The van der Waals surface area contributed by atoms with Gasteiger partial charge in [-0.1, -0.05) is 41.1 Å². The predicted molar refractivity (Wildman–Crippen MR) is 81.1 cm³/mol.